The summed E-state index contributed by atoms with van der Waals surface area (Å²) in [6.07, 6.45) is 0.948. The molecule has 0 spiro atoms. The van der Waals surface area contributed by atoms with E-state index in [1.165, 1.54) is 0 Å². The Morgan fingerprint density at radius 1 is 1.19 bits per heavy atom. The second-order valence-corrected chi connectivity index (χ2v) is 7.38. The summed E-state index contributed by atoms with van der Waals surface area (Å²) in [5.74, 6) is 0.312. The number of hydrogen-bond acceptors (Lipinski definition) is 3. The Bertz CT molecular complexity index is 555. The number of nitrogens with one attached hydrogen (secondary N) is 2. The minimum Gasteiger partial charge on any atom is -0.313 e. The molecule has 0 aliphatic carbocycles. The van der Waals surface area contributed by atoms with Crippen LogP contribution in [0.15, 0.2) is 23.1 Å². The van der Waals surface area contributed by atoms with Gasteiger partial charge in [0, 0.05) is 12.6 Å². The van der Waals surface area contributed by atoms with Gasteiger partial charge in [0.25, 0.3) is 0 Å². The summed E-state index contributed by atoms with van der Waals surface area (Å²) in [5.41, 5.74) is 2.13. The van der Waals surface area contributed by atoms with E-state index in [0.29, 0.717) is 17.4 Å². The van der Waals surface area contributed by atoms with Crippen molar-refractivity contribution in [1.29, 1.82) is 0 Å². The van der Waals surface area contributed by atoms with E-state index in [1.54, 1.807) is 12.1 Å². The highest BCUT2D eigenvalue weighted by molar-refractivity contribution is 7.89. The molecule has 0 aliphatic rings. The van der Waals surface area contributed by atoms with Gasteiger partial charge < -0.3 is 5.32 Å². The van der Waals surface area contributed by atoms with Crippen molar-refractivity contribution in [3.8, 4) is 0 Å². The van der Waals surface area contributed by atoms with E-state index in [2.05, 4.69) is 23.9 Å². The monoisotopic (exact) mass is 312 g/mol. The fourth-order valence-electron chi connectivity index (χ4n) is 2.05. The molecule has 4 nitrogen and oxygen atoms in total. The van der Waals surface area contributed by atoms with E-state index in [1.807, 2.05) is 26.8 Å². The van der Waals surface area contributed by atoms with Crippen molar-refractivity contribution in [3.05, 3.63) is 29.3 Å². The zero-order valence-electron chi connectivity index (χ0n) is 13.7. The normalized spacial score (nSPS) is 14.9. The van der Waals surface area contributed by atoms with E-state index >= 15 is 0 Å². The van der Waals surface area contributed by atoms with Gasteiger partial charge in [-0.3, -0.25) is 0 Å². The molecule has 0 aromatic heterocycles. The molecule has 21 heavy (non-hydrogen) atoms. The van der Waals surface area contributed by atoms with Crippen LogP contribution in [-0.2, 0) is 16.6 Å². The predicted molar refractivity (Wildman–Crippen MR) is 87.8 cm³/mol. The van der Waals surface area contributed by atoms with E-state index < -0.39 is 10.0 Å². The van der Waals surface area contributed by atoms with Crippen LogP contribution in [-0.4, -0.2) is 21.0 Å². The fourth-order valence-corrected chi connectivity index (χ4v) is 3.45. The van der Waals surface area contributed by atoms with Crippen LogP contribution in [0.2, 0.25) is 0 Å². The number of benzene rings is 1. The Morgan fingerprint density at radius 3 is 2.43 bits per heavy atom. The van der Waals surface area contributed by atoms with Gasteiger partial charge in [-0.15, -0.1) is 0 Å². The van der Waals surface area contributed by atoms with E-state index in [4.69, 9.17) is 0 Å². The van der Waals surface area contributed by atoms with Crippen molar-refractivity contribution in [3.63, 3.8) is 0 Å². The van der Waals surface area contributed by atoms with Crippen LogP contribution in [0.3, 0.4) is 0 Å². The Hall–Kier alpha value is -0.910. The maximum atomic E-state index is 12.5. The molecule has 1 aromatic carbocycles. The van der Waals surface area contributed by atoms with Crippen molar-refractivity contribution >= 4 is 10.0 Å². The largest absolute Gasteiger partial charge is 0.313 e. The molecule has 0 amide bonds. The SMILES string of the molecule is CCNCc1cc(S(=O)(=O)NC(C)C(C)CC)ccc1C. The number of aryl methyl sites for hydroxylation is 1. The highest BCUT2D eigenvalue weighted by atomic mass is 32.2. The van der Waals surface area contributed by atoms with Gasteiger partial charge in [-0.1, -0.05) is 33.3 Å². The van der Waals surface area contributed by atoms with Crippen LogP contribution >= 0.6 is 0 Å². The topological polar surface area (TPSA) is 58.2 Å². The van der Waals surface area contributed by atoms with Crippen LogP contribution < -0.4 is 10.0 Å². The Morgan fingerprint density at radius 2 is 1.86 bits per heavy atom. The van der Waals surface area contributed by atoms with Gasteiger partial charge in [0.2, 0.25) is 10.0 Å². The number of hydrogen-bond donors (Lipinski definition) is 2. The zero-order valence-corrected chi connectivity index (χ0v) is 14.5. The van der Waals surface area contributed by atoms with Gasteiger partial charge in [0.05, 0.1) is 4.90 Å². The van der Waals surface area contributed by atoms with Crippen LogP contribution in [0, 0.1) is 12.8 Å². The minimum atomic E-state index is -3.46. The number of sulfonamides is 1. The summed E-state index contributed by atoms with van der Waals surface area (Å²) in [4.78, 5) is 0.344. The average molecular weight is 312 g/mol. The summed E-state index contributed by atoms with van der Waals surface area (Å²) in [7, 11) is -3.46. The maximum absolute atomic E-state index is 12.5. The summed E-state index contributed by atoms with van der Waals surface area (Å²) < 4.78 is 27.7. The molecule has 0 saturated heterocycles. The first-order valence-corrected chi connectivity index (χ1v) is 9.12. The Balaban J connectivity index is 2.98. The number of rotatable bonds is 8. The van der Waals surface area contributed by atoms with Crippen LogP contribution in [0.1, 0.15) is 45.2 Å². The first-order chi connectivity index (χ1) is 9.81. The summed E-state index contributed by atoms with van der Waals surface area (Å²) in [6.45, 7) is 11.6. The molecular weight excluding hydrogens is 284 g/mol. The van der Waals surface area contributed by atoms with Crippen molar-refractivity contribution < 1.29 is 8.42 Å². The lowest BCUT2D eigenvalue weighted by Crippen LogP contribution is -2.36. The molecule has 2 unspecified atom stereocenters. The van der Waals surface area contributed by atoms with Crippen molar-refractivity contribution in [2.45, 2.75) is 58.5 Å². The van der Waals surface area contributed by atoms with Gasteiger partial charge in [-0.25, -0.2) is 13.1 Å². The quantitative estimate of drug-likeness (QED) is 0.776. The predicted octanol–water partition coefficient (Wildman–Crippen LogP) is 2.82. The maximum Gasteiger partial charge on any atom is 0.240 e. The lowest BCUT2D eigenvalue weighted by molar-refractivity contribution is 0.434. The first kappa shape index (κ1) is 18.1. The zero-order chi connectivity index (χ0) is 16.0. The van der Waals surface area contributed by atoms with Crippen molar-refractivity contribution in [2.24, 2.45) is 5.92 Å². The lowest BCUT2D eigenvalue weighted by atomic mass is 10.0. The third-order valence-corrected chi connectivity index (χ3v) is 5.59. The highest BCUT2D eigenvalue weighted by Crippen LogP contribution is 2.17. The Labute approximate surface area is 129 Å². The van der Waals surface area contributed by atoms with Crippen LogP contribution in [0.4, 0.5) is 0 Å². The highest BCUT2D eigenvalue weighted by Gasteiger charge is 2.20. The molecule has 0 fully saturated rings. The lowest BCUT2D eigenvalue weighted by Gasteiger charge is -2.20. The first-order valence-electron chi connectivity index (χ1n) is 7.64. The molecule has 0 radical (unpaired) electrons. The summed E-state index contributed by atoms with van der Waals surface area (Å²) >= 11 is 0. The molecular formula is C16H28N2O2S. The van der Waals surface area contributed by atoms with Gasteiger partial charge >= 0.3 is 0 Å². The molecule has 120 valence electrons. The summed E-state index contributed by atoms with van der Waals surface area (Å²) in [5, 5.41) is 3.24. The Kier molecular flexibility index (Phi) is 6.84. The van der Waals surface area contributed by atoms with Crippen molar-refractivity contribution in [1.82, 2.24) is 10.0 Å². The third-order valence-electron chi connectivity index (χ3n) is 4.03. The van der Waals surface area contributed by atoms with E-state index in [-0.39, 0.29) is 6.04 Å². The molecule has 1 aromatic rings. The molecule has 1 rings (SSSR count). The van der Waals surface area contributed by atoms with Crippen molar-refractivity contribution in [2.75, 3.05) is 6.54 Å². The second-order valence-electron chi connectivity index (χ2n) is 5.66. The van der Waals surface area contributed by atoms with Gasteiger partial charge in [-0.05, 0) is 49.6 Å². The van der Waals surface area contributed by atoms with Crippen LogP contribution in [0.25, 0.3) is 0 Å². The molecule has 2 N–H and O–H groups in total. The smallest absolute Gasteiger partial charge is 0.240 e. The molecule has 0 saturated carbocycles. The van der Waals surface area contributed by atoms with Gasteiger partial charge in [0.15, 0.2) is 0 Å². The third kappa shape index (κ3) is 5.09. The van der Waals surface area contributed by atoms with E-state index in [0.717, 1.165) is 24.1 Å². The second kappa shape index (κ2) is 7.92. The summed E-state index contributed by atoms with van der Waals surface area (Å²) in [6, 6.07) is 5.24. The fraction of sp³-hybridized carbons (Fsp3) is 0.625. The molecule has 5 heteroatoms. The van der Waals surface area contributed by atoms with E-state index in [9.17, 15) is 8.42 Å². The minimum absolute atomic E-state index is 0.0708. The molecule has 0 heterocycles. The standard InChI is InChI=1S/C16H28N2O2S/c1-6-12(3)14(5)18-21(19,20)16-9-8-13(4)15(10-16)11-17-7-2/h8-10,12,14,17-18H,6-7,11H2,1-5H3. The van der Waals surface area contributed by atoms with Gasteiger partial charge in [-0.2, -0.15) is 0 Å². The van der Waals surface area contributed by atoms with Gasteiger partial charge in [0.1, 0.15) is 0 Å². The average Bonchev–Trinajstić information content (AvgIpc) is 2.44. The van der Waals surface area contributed by atoms with Crippen LogP contribution in [0.5, 0.6) is 0 Å². The molecule has 0 aliphatic heterocycles. The molecule has 0 bridgehead atoms. The molecule has 2 atom stereocenters.